The third-order valence-corrected chi connectivity index (χ3v) is 4.80. The van der Waals surface area contributed by atoms with Crippen LogP contribution in [0.25, 0.3) is 6.08 Å². The zero-order valence-electron chi connectivity index (χ0n) is 17.6. The minimum atomic E-state index is -0.387. The maximum Gasteiger partial charge on any atom is 0.338 e. The average Bonchev–Trinajstić information content (AvgIpc) is 2.83. The van der Waals surface area contributed by atoms with Crippen LogP contribution in [0.5, 0.6) is 0 Å². The van der Waals surface area contributed by atoms with Crippen molar-refractivity contribution >= 4 is 41.0 Å². The normalized spacial score (nSPS) is 10.5. The molecule has 0 radical (unpaired) electrons. The summed E-state index contributed by atoms with van der Waals surface area (Å²) in [5.74, 6) is -0.719. The molecule has 3 aromatic rings. The number of aromatic nitrogens is 1. The lowest BCUT2D eigenvalue weighted by molar-refractivity contribution is -0.115. The zero-order chi connectivity index (χ0) is 22.8. The summed E-state index contributed by atoms with van der Waals surface area (Å²) >= 11 is 5.54. The maximum atomic E-state index is 12.4. The molecule has 0 bridgehead atoms. The molecule has 0 aliphatic heterocycles. The Kier molecular flexibility index (Phi) is 8.22. The van der Waals surface area contributed by atoms with Gasteiger partial charge in [-0.25, -0.2) is 4.79 Å². The predicted octanol–water partition coefficient (Wildman–Crippen LogP) is 4.38. The van der Waals surface area contributed by atoms with Gasteiger partial charge in [-0.15, -0.1) is 0 Å². The molecule has 2 aromatic carbocycles. The molecule has 0 unspecified atom stereocenters. The fourth-order valence-electron chi connectivity index (χ4n) is 2.89. The van der Waals surface area contributed by atoms with Crippen LogP contribution in [0.3, 0.4) is 0 Å². The van der Waals surface area contributed by atoms with Gasteiger partial charge < -0.3 is 9.64 Å². The van der Waals surface area contributed by atoms with Gasteiger partial charge in [0.1, 0.15) is 0 Å². The number of ether oxygens (including phenoxy) is 1. The number of hydrogen-bond donors (Lipinski definition) is 1. The molecule has 1 aromatic heterocycles. The van der Waals surface area contributed by atoms with Gasteiger partial charge in [0.25, 0.3) is 0 Å². The van der Waals surface area contributed by atoms with E-state index in [-0.39, 0.29) is 17.0 Å². The van der Waals surface area contributed by atoms with Crippen molar-refractivity contribution in [3.05, 3.63) is 102 Å². The quantitative estimate of drug-likeness (QED) is 0.331. The Hall–Kier alpha value is -3.84. The zero-order valence-corrected chi connectivity index (χ0v) is 18.4. The molecular weight excluding hydrogens is 422 g/mol. The minimum absolute atomic E-state index is 0.244. The second kappa shape index (κ2) is 11.5. The Morgan fingerprint density at radius 1 is 1.03 bits per heavy atom. The lowest BCUT2D eigenvalue weighted by Crippen LogP contribution is -2.41. The standard InChI is InChI=1S/C25H23N3O3S/c1-2-31-24(30)21-9-11-22(12-10-21)28(18-20-14-16-26-17-15-20)25(32)27-23(29)13-8-19-6-4-3-5-7-19/h3-17H,2,18H2,1H3,(H,27,29,32)/b13-8+. The molecule has 0 atom stereocenters. The predicted molar refractivity (Wildman–Crippen MR) is 129 cm³/mol. The summed E-state index contributed by atoms with van der Waals surface area (Å²) in [6, 6.07) is 20.2. The second-order valence-corrected chi connectivity index (χ2v) is 7.13. The van der Waals surface area contributed by atoms with E-state index in [2.05, 4.69) is 10.3 Å². The van der Waals surface area contributed by atoms with Gasteiger partial charge in [-0.1, -0.05) is 30.3 Å². The van der Waals surface area contributed by atoms with Crippen molar-refractivity contribution in [2.75, 3.05) is 11.5 Å². The van der Waals surface area contributed by atoms with Crippen LogP contribution in [0, 0.1) is 0 Å². The first kappa shape index (κ1) is 22.8. The first-order valence-corrected chi connectivity index (χ1v) is 10.5. The van der Waals surface area contributed by atoms with Gasteiger partial charge in [0.2, 0.25) is 5.91 Å². The van der Waals surface area contributed by atoms with E-state index in [1.165, 1.54) is 6.08 Å². The summed E-state index contributed by atoms with van der Waals surface area (Å²) in [7, 11) is 0. The van der Waals surface area contributed by atoms with Crippen molar-refractivity contribution in [3.63, 3.8) is 0 Å². The van der Waals surface area contributed by atoms with Crippen LogP contribution in [0.1, 0.15) is 28.4 Å². The van der Waals surface area contributed by atoms with Crippen molar-refractivity contribution in [2.24, 2.45) is 0 Å². The number of pyridine rings is 1. The fraction of sp³-hybridized carbons (Fsp3) is 0.120. The minimum Gasteiger partial charge on any atom is -0.462 e. The van der Waals surface area contributed by atoms with E-state index in [4.69, 9.17) is 17.0 Å². The van der Waals surface area contributed by atoms with E-state index in [1.54, 1.807) is 54.6 Å². The number of amides is 1. The number of nitrogens with zero attached hydrogens (tertiary/aromatic N) is 2. The lowest BCUT2D eigenvalue weighted by atomic mass is 10.2. The van der Waals surface area contributed by atoms with Gasteiger partial charge in [0.15, 0.2) is 5.11 Å². The van der Waals surface area contributed by atoms with E-state index in [9.17, 15) is 9.59 Å². The van der Waals surface area contributed by atoms with Crippen LogP contribution < -0.4 is 10.2 Å². The highest BCUT2D eigenvalue weighted by molar-refractivity contribution is 7.80. The van der Waals surface area contributed by atoms with Crippen LogP contribution in [-0.2, 0) is 16.1 Å². The number of nitrogens with one attached hydrogen (secondary N) is 1. The number of hydrogen-bond acceptors (Lipinski definition) is 5. The smallest absolute Gasteiger partial charge is 0.338 e. The molecule has 3 rings (SSSR count). The molecule has 1 amide bonds. The second-order valence-electron chi connectivity index (χ2n) is 6.75. The van der Waals surface area contributed by atoms with Gasteiger partial charge in [0.05, 0.1) is 18.7 Å². The summed E-state index contributed by atoms with van der Waals surface area (Å²) in [6.07, 6.45) is 6.55. The largest absolute Gasteiger partial charge is 0.462 e. The highest BCUT2D eigenvalue weighted by Gasteiger charge is 2.16. The number of benzene rings is 2. The molecule has 0 aliphatic rings. The SMILES string of the molecule is CCOC(=O)c1ccc(N(Cc2ccncc2)C(=S)NC(=O)/C=C/c2ccccc2)cc1. The van der Waals surface area contributed by atoms with Crippen LogP contribution in [-0.4, -0.2) is 28.6 Å². The van der Waals surface area contributed by atoms with Crippen molar-refractivity contribution in [2.45, 2.75) is 13.5 Å². The van der Waals surface area contributed by atoms with E-state index >= 15 is 0 Å². The van der Waals surface area contributed by atoms with Gasteiger partial charge in [-0.2, -0.15) is 0 Å². The first-order chi connectivity index (χ1) is 15.6. The molecule has 0 aliphatic carbocycles. The molecule has 0 saturated heterocycles. The number of rotatable bonds is 7. The van der Waals surface area contributed by atoms with Crippen LogP contribution in [0.15, 0.2) is 85.2 Å². The Balaban J connectivity index is 1.77. The molecule has 162 valence electrons. The summed E-state index contributed by atoms with van der Waals surface area (Å²) in [4.78, 5) is 30.2. The van der Waals surface area contributed by atoms with Crippen molar-refractivity contribution in [3.8, 4) is 0 Å². The number of thiocarbonyl (C=S) groups is 1. The molecule has 1 heterocycles. The number of carbonyl (C=O) groups is 2. The summed E-state index contributed by atoms with van der Waals surface area (Å²) < 4.78 is 5.04. The Morgan fingerprint density at radius 2 is 1.72 bits per heavy atom. The highest BCUT2D eigenvalue weighted by Crippen LogP contribution is 2.19. The van der Waals surface area contributed by atoms with Crippen molar-refractivity contribution < 1.29 is 14.3 Å². The summed E-state index contributed by atoms with van der Waals surface area (Å²) in [6.45, 7) is 2.49. The molecule has 6 nitrogen and oxygen atoms in total. The lowest BCUT2D eigenvalue weighted by Gasteiger charge is -2.25. The third kappa shape index (κ3) is 6.58. The third-order valence-electron chi connectivity index (χ3n) is 4.48. The Bertz CT molecular complexity index is 1080. The molecular formula is C25H23N3O3S. The van der Waals surface area contributed by atoms with Crippen molar-refractivity contribution in [1.29, 1.82) is 0 Å². The highest BCUT2D eigenvalue weighted by atomic mass is 32.1. The first-order valence-electron chi connectivity index (χ1n) is 10.1. The topological polar surface area (TPSA) is 71.5 Å². The Labute approximate surface area is 192 Å². The number of esters is 1. The van der Waals surface area contributed by atoms with E-state index < -0.39 is 0 Å². The number of carbonyl (C=O) groups excluding carboxylic acids is 2. The van der Waals surface area contributed by atoms with Gasteiger partial charge in [-0.05, 0) is 72.7 Å². The van der Waals surface area contributed by atoms with Crippen LogP contribution >= 0.6 is 12.2 Å². The average molecular weight is 446 g/mol. The summed E-state index contributed by atoms with van der Waals surface area (Å²) in [5.41, 5.74) is 3.05. The molecule has 0 saturated carbocycles. The van der Waals surface area contributed by atoms with Crippen LogP contribution in [0.2, 0.25) is 0 Å². The monoisotopic (exact) mass is 445 g/mol. The van der Waals surface area contributed by atoms with Crippen molar-refractivity contribution in [1.82, 2.24) is 10.3 Å². The molecule has 1 N–H and O–H groups in total. The van der Waals surface area contributed by atoms with E-state index in [0.29, 0.717) is 18.7 Å². The number of anilines is 1. The van der Waals surface area contributed by atoms with E-state index in [0.717, 1.165) is 16.8 Å². The molecule has 0 fully saturated rings. The van der Waals surface area contributed by atoms with Crippen LogP contribution in [0.4, 0.5) is 5.69 Å². The van der Waals surface area contributed by atoms with Gasteiger partial charge in [-0.3, -0.25) is 15.1 Å². The molecule has 0 spiro atoms. The summed E-state index contributed by atoms with van der Waals surface area (Å²) in [5, 5.41) is 2.99. The molecule has 32 heavy (non-hydrogen) atoms. The maximum absolute atomic E-state index is 12.4. The Morgan fingerprint density at radius 3 is 2.38 bits per heavy atom. The fourth-order valence-corrected chi connectivity index (χ4v) is 3.16. The van der Waals surface area contributed by atoms with E-state index in [1.807, 2.05) is 42.5 Å². The molecule has 7 heteroatoms. The van der Waals surface area contributed by atoms with Gasteiger partial charge >= 0.3 is 5.97 Å². The van der Waals surface area contributed by atoms with Gasteiger partial charge in [0, 0.05) is 24.2 Å².